The summed E-state index contributed by atoms with van der Waals surface area (Å²) in [4.78, 5) is 0. The Labute approximate surface area is 95.6 Å². The fourth-order valence-electron chi connectivity index (χ4n) is 1.72. The van der Waals surface area contributed by atoms with Crippen LogP contribution in [0.3, 0.4) is 0 Å². The van der Waals surface area contributed by atoms with E-state index in [4.69, 9.17) is 0 Å². The van der Waals surface area contributed by atoms with Crippen LogP contribution in [0.2, 0.25) is 0 Å². The molecule has 1 aliphatic heterocycles. The van der Waals surface area contributed by atoms with Gasteiger partial charge in [-0.15, -0.1) is 0 Å². The molecular formula is C10H11BrFNS. The third-order valence-corrected chi connectivity index (χ3v) is 4.23. The SMILES string of the molecule is CNC1CSCc2c(F)ccc(Br)c21. The van der Waals surface area contributed by atoms with Gasteiger partial charge in [0.25, 0.3) is 0 Å². The minimum atomic E-state index is -0.0874. The minimum Gasteiger partial charge on any atom is -0.312 e. The van der Waals surface area contributed by atoms with Crippen LogP contribution in [0, 0.1) is 5.82 Å². The molecule has 1 heterocycles. The molecule has 1 unspecified atom stereocenters. The summed E-state index contributed by atoms with van der Waals surface area (Å²) in [6, 6.07) is 3.57. The highest BCUT2D eigenvalue weighted by atomic mass is 79.9. The summed E-state index contributed by atoms with van der Waals surface area (Å²) >= 11 is 5.25. The van der Waals surface area contributed by atoms with E-state index in [0.29, 0.717) is 0 Å². The van der Waals surface area contributed by atoms with Crippen molar-refractivity contribution < 1.29 is 4.39 Å². The Morgan fingerprint density at radius 1 is 1.57 bits per heavy atom. The zero-order valence-electron chi connectivity index (χ0n) is 7.81. The molecule has 0 aromatic heterocycles. The first-order chi connectivity index (χ1) is 6.74. The topological polar surface area (TPSA) is 12.0 Å². The van der Waals surface area contributed by atoms with Gasteiger partial charge in [0.2, 0.25) is 0 Å². The molecule has 0 spiro atoms. The fourth-order valence-corrected chi connectivity index (χ4v) is 3.55. The first-order valence-corrected chi connectivity index (χ1v) is 6.40. The van der Waals surface area contributed by atoms with Crippen molar-refractivity contribution in [1.29, 1.82) is 0 Å². The second-order valence-electron chi connectivity index (χ2n) is 3.28. The van der Waals surface area contributed by atoms with Crippen molar-refractivity contribution in [3.05, 3.63) is 33.5 Å². The van der Waals surface area contributed by atoms with E-state index >= 15 is 0 Å². The fraction of sp³-hybridized carbons (Fsp3) is 0.400. The van der Waals surface area contributed by atoms with E-state index in [2.05, 4.69) is 21.2 Å². The molecule has 0 saturated heterocycles. The lowest BCUT2D eigenvalue weighted by atomic mass is 10.0. The molecule has 0 amide bonds. The first-order valence-electron chi connectivity index (χ1n) is 4.46. The number of hydrogen-bond donors (Lipinski definition) is 1. The zero-order chi connectivity index (χ0) is 10.1. The summed E-state index contributed by atoms with van der Waals surface area (Å²) in [6.07, 6.45) is 0. The smallest absolute Gasteiger partial charge is 0.127 e. The Morgan fingerprint density at radius 2 is 2.36 bits per heavy atom. The highest BCUT2D eigenvalue weighted by Gasteiger charge is 2.23. The van der Waals surface area contributed by atoms with Crippen molar-refractivity contribution in [2.45, 2.75) is 11.8 Å². The Kier molecular flexibility index (Phi) is 3.14. The lowest BCUT2D eigenvalue weighted by Crippen LogP contribution is -2.24. The van der Waals surface area contributed by atoms with Crippen LogP contribution in [0.1, 0.15) is 17.2 Å². The molecule has 2 rings (SSSR count). The normalized spacial score (nSPS) is 20.6. The molecule has 1 aromatic rings. The molecule has 0 aliphatic carbocycles. The van der Waals surface area contributed by atoms with Gasteiger partial charge in [0.15, 0.2) is 0 Å². The second-order valence-corrected chi connectivity index (χ2v) is 5.16. The molecule has 0 bridgehead atoms. The molecule has 14 heavy (non-hydrogen) atoms. The number of fused-ring (bicyclic) bond motifs is 1. The van der Waals surface area contributed by atoms with Crippen molar-refractivity contribution in [2.24, 2.45) is 0 Å². The van der Waals surface area contributed by atoms with Gasteiger partial charge in [-0.2, -0.15) is 11.8 Å². The van der Waals surface area contributed by atoms with Gasteiger partial charge in [0, 0.05) is 27.6 Å². The molecule has 0 fully saturated rings. The van der Waals surface area contributed by atoms with Crippen LogP contribution in [0.4, 0.5) is 4.39 Å². The van der Waals surface area contributed by atoms with Gasteiger partial charge in [-0.3, -0.25) is 0 Å². The Hall–Kier alpha value is -0.0600. The van der Waals surface area contributed by atoms with E-state index in [1.807, 2.05) is 7.05 Å². The molecular weight excluding hydrogens is 265 g/mol. The average molecular weight is 276 g/mol. The predicted octanol–water partition coefficient (Wildman–Crippen LogP) is 3.10. The molecule has 0 radical (unpaired) electrons. The summed E-state index contributed by atoms with van der Waals surface area (Å²) in [5, 5.41) is 3.21. The molecule has 1 N–H and O–H groups in total. The van der Waals surface area contributed by atoms with Gasteiger partial charge in [-0.1, -0.05) is 15.9 Å². The predicted molar refractivity (Wildman–Crippen MR) is 62.1 cm³/mol. The van der Waals surface area contributed by atoms with Crippen LogP contribution in [-0.4, -0.2) is 12.8 Å². The van der Waals surface area contributed by atoms with Crippen molar-refractivity contribution in [1.82, 2.24) is 5.32 Å². The van der Waals surface area contributed by atoms with Crippen LogP contribution in [0.15, 0.2) is 16.6 Å². The van der Waals surface area contributed by atoms with Crippen molar-refractivity contribution in [3.63, 3.8) is 0 Å². The van der Waals surface area contributed by atoms with Gasteiger partial charge >= 0.3 is 0 Å². The summed E-state index contributed by atoms with van der Waals surface area (Å²) in [5.41, 5.74) is 1.93. The molecule has 76 valence electrons. The van der Waals surface area contributed by atoms with Crippen molar-refractivity contribution in [3.8, 4) is 0 Å². The molecule has 4 heteroatoms. The molecule has 1 atom stereocenters. The van der Waals surface area contributed by atoms with Crippen LogP contribution in [0.25, 0.3) is 0 Å². The van der Waals surface area contributed by atoms with Crippen LogP contribution in [0.5, 0.6) is 0 Å². The molecule has 1 aliphatic rings. The maximum atomic E-state index is 13.5. The number of rotatable bonds is 1. The largest absolute Gasteiger partial charge is 0.312 e. The maximum absolute atomic E-state index is 13.5. The van der Waals surface area contributed by atoms with Gasteiger partial charge in [0.05, 0.1) is 0 Å². The van der Waals surface area contributed by atoms with E-state index < -0.39 is 0 Å². The van der Waals surface area contributed by atoms with Gasteiger partial charge in [0.1, 0.15) is 5.82 Å². The number of halogens is 2. The number of thioether (sulfide) groups is 1. The first kappa shape index (κ1) is 10.5. The van der Waals surface area contributed by atoms with Crippen LogP contribution in [-0.2, 0) is 5.75 Å². The number of benzene rings is 1. The van der Waals surface area contributed by atoms with Crippen molar-refractivity contribution in [2.75, 3.05) is 12.8 Å². The Bertz CT molecular complexity index is 356. The lowest BCUT2D eigenvalue weighted by molar-refractivity contribution is 0.591. The summed E-state index contributed by atoms with van der Waals surface area (Å²) in [7, 11) is 1.91. The standard InChI is InChI=1S/C10H11BrFNS/c1-13-9-5-14-4-6-8(12)3-2-7(11)10(6)9/h2-3,9,13H,4-5H2,1H3. The van der Waals surface area contributed by atoms with E-state index in [9.17, 15) is 4.39 Å². The minimum absolute atomic E-state index is 0.0874. The van der Waals surface area contributed by atoms with E-state index in [1.165, 1.54) is 6.07 Å². The summed E-state index contributed by atoms with van der Waals surface area (Å²) in [6.45, 7) is 0. The zero-order valence-corrected chi connectivity index (χ0v) is 10.2. The summed E-state index contributed by atoms with van der Waals surface area (Å²) in [5.74, 6) is 1.69. The Balaban J connectivity index is 2.55. The van der Waals surface area contributed by atoms with E-state index in [1.54, 1.807) is 17.8 Å². The van der Waals surface area contributed by atoms with Crippen LogP contribution >= 0.6 is 27.7 Å². The third-order valence-electron chi connectivity index (χ3n) is 2.47. The highest BCUT2D eigenvalue weighted by molar-refractivity contribution is 9.10. The highest BCUT2D eigenvalue weighted by Crippen LogP contribution is 2.37. The van der Waals surface area contributed by atoms with Gasteiger partial charge in [-0.05, 0) is 24.7 Å². The Morgan fingerprint density at radius 3 is 3.07 bits per heavy atom. The quantitative estimate of drug-likeness (QED) is 0.846. The monoisotopic (exact) mass is 275 g/mol. The molecule has 0 saturated carbocycles. The van der Waals surface area contributed by atoms with E-state index in [0.717, 1.165) is 27.1 Å². The maximum Gasteiger partial charge on any atom is 0.127 e. The van der Waals surface area contributed by atoms with E-state index in [-0.39, 0.29) is 11.9 Å². The van der Waals surface area contributed by atoms with Crippen LogP contribution < -0.4 is 5.32 Å². The lowest BCUT2D eigenvalue weighted by Gasteiger charge is -2.26. The molecule has 1 nitrogen and oxygen atoms in total. The second kappa shape index (κ2) is 4.21. The summed E-state index contributed by atoms with van der Waals surface area (Å²) < 4.78 is 14.5. The molecule has 1 aromatic carbocycles. The third kappa shape index (κ3) is 1.71. The van der Waals surface area contributed by atoms with Crippen molar-refractivity contribution >= 4 is 27.7 Å². The average Bonchev–Trinajstić information content (AvgIpc) is 2.23. The number of hydrogen-bond acceptors (Lipinski definition) is 2. The van der Waals surface area contributed by atoms with Gasteiger partial charge in [-0.25, -0.2) is 4.39 Å². The number of nitrogens with one attached hydrogen (secondary N) is 1. The van der Waals surface area contributed by atoms with Gasteiger partial charge < -0.3 is 5.32 Å².